The van der Waals surface area contributed by atoms with Gasteiger partial charge in [0.2, 0.25) is 0 Å². The van der Waals surface area contributed by atoms with Crippen LogP contribution in [0.15, 0.2) is 61.2 Å². The molecular weight excluding hydrogens is 312 g/mol. The van der Waals surface area contributed by atoms with Crippen molar-refractivity contribution in [3.8, 4) is 0 Å². The Kier molecular flexibility index (Phi) is 16.5. The summed E-state index contributed by atoms with van der Waals surface area (Å²) in [5, 5.41) is 2.97. The minimum atomic E-state index is -0.784. The lowest BCUT2D eigenvalue weighted by Gasteiger charge is -2.17. The number of primary amides is 1. The fourth-order valence-corrected chi connectivity index (χ4v) is 1.96. The van der Waals surface area contributed by atoms with Gasteiger partial charge in [0, 0.05) is 6.42 Å². The van der Waals surface area contributed by atoms with Crippen LogP contribution >= 0.6 is 0 Å². The van der Waals surface area contributed by atoms with Gasteiger partial charge in [-0.05, 0) is 33.0 Å². The van der Waals surface area contributed by atoms with Gasteiger partial charge in [-0.1, -0.05) is 80.6 Å². The number of benzene rings is 1. The average molecular weight is 347 g/mol. The molecule has 0 radical (unpaired) electrons. The van der Waals surface area contributed by atoms with Gasteiger partial charge in [-0.15, -0.1) is 0 Å². The molecule has 0 heterocycles. The summed E-state index contributed by atoms with van der Waals surface area (Å²) >= 11 is 0. The van der Waals surface area contributed by atoms with Crippen molar-refractivity contribution in [3.63, 3.8) is 0 Å². The number of carbonyl (C=O) groups excluding carboxylic acids is 1. The molecule has 1 aromatic rings. The van der Waals surface area contributed by atoms with Crippen molar-refractivity contribution in [1.29, 1.82) is 0 Å². The summed E-state index contributed by atoms with van der Waals surface area (Å²) in [5.41, 5.74) is 8.45. The topological polar surface area (TPSA) is 64.3 Å². The number of nitrogens with two attached hydrogens (primary N) is 1. The molecule has 4 heteroatoms. The first kappa shape index (κ1) is 24.9. The fraction of sp³-hybridized carbons (Fsp3) is 0.381. The third-order valence-electron chi connectivity index (χ3n) is 3.01. The van der Waals surface area contributed by atoms with E-state index < -0.39 is 6.09 Å². The number of amides is 1. The highest BCUT2D eigenvalue weighted by Gasteiger charge is 2.14. The molecule has 1 unspecified atom stereocenters. The Hall–Kier alpha value is -2.33. The molecule has 0 aliphatic heterocycles. The zero-order chi connectivity index (χ0) is 19.7. The summed E-state index contributed by atoms with van der Waals surface area (Å²) < 4.78 is 4.97. The van der Waals surface area contributed by atoms with Gasteiger partial charge < -0.3 is 15.8 Å². The molecule has 0 saturated heterocycles. The van der Waals surface area contributed by atoms with Gasteiger partial charge in [-0.25, -0.2) is 4.79 Å². The highest BCUT2D eigenvalue weighted by molar-refractivity contribution is 5.65. The smallest absolute Gasteiger partial charge is 0.405 e. The Balaban J connectivity index is 0. The lowest BCUT2D eigenvalue weighted by Crippen LogP contribution is -2.27. The summed E-state index contributed by atoms with van der Waals surface area (Å²) in [6, 6.07) is 8.45. The van der Waals surface area contributed by atoms with E-state index in [1.165, 1.54) is 11.1 Å². The summed E-state index contributed by atoms with van der Waals surface area (Å²) in [6.45, 7) is 16.2. The molecule has 3 N–H and O–H groups in total. The first-order chi connectivity index (χ1) is 11.9. The number of aryl methyl sites for hydroxylation is 2. The summed E-state index contributed by atoms with van der Waals surface area (Å²) in [7, 11) is 1.83. The van der Waals surface area contributed by atoms with Crippen LogP contribution in [-0.2, 0) is 4.74 Å². The molecule has 0 aliphatic rings. The van der Waals surface area contributed by atoms with Gasteiger partial charge in [0.05, 0.1) is 0 Å². The van der Waals surface area contributed by atoms with E-state index in [1.54, 1.807) is 18.2 Å². The molecule has 1 aromatic carbocycles. The van der Waals surface area contributed by atoms with Gasteiger partial charge in [0.15, 0.2) is 0 Å². The number of hydrogen-bond donors (Lipinski definition) is 2. The Morgan fingerprint density at radius 2 is 1.84 bits per heavy atom. The van der Waals surface area contributed by atoms with Crippen LogP contribution < -0.4 is 11.1 Å². The van der Waals surface area contributed by atoms with Crippen molar-refractivity contribution < 1.29 is 9.53 Å². The van der Waals surface area contributed by atoms with Crippen molar-refractivity contribution in [2.75, 3.05) is 13.6 Å². The first-order valence-electron chi connectivity index (χ1n) is 8.53. The van der Waals surface area contributed by atoms with E-state index in [-0.39, 0.29) is 6.10 Å². The number of ether oxygens (including phenoxy) is 1. The van der Waals surface area contributed by atoms with Crippen LogP contribution in [0.4, 0.5) is 4.79 Å². The lowest BCUT2D eigenvalue weighted by atomic mass is 10.1. The van der Waals surface area contributed by atoms with Crippen LogP contribution in [-0.4, -0.2) is 25.8 Å². The second-order valence-electron chi connectivity index (χ2n) is 5.08. The third-order valence-corrected chi connectivity index (χ3v) is 3.01. The first-order valence-corrected chi connectivity index (χ1v) is 8.53. The zero-order valence-corrected chi connectivity index (χ0v) is 16.3. The summed E-state index contributed by atoms with van der Waals surface area (Å²) in [5.74, 6) is 0. The van der Waals surface area contributed by atoms with E-state index >= 15 is 0 Å². The highest BCUT2D eigenvalue weighted by atomic mass is 16.6. The average Bonchev–Trinajstić information content (AvgIpc) is 2.58. The van der Waals surface area contributed by atoms with Gasteiger partial charge in [-0.2, -0.15) is 0 Å². The predicted molar refractivity (Wildman–Crippen MR) is 109 cm³/mol. The normalized spacial score (nSPS) is 11.0. The van der Waals surface area contributed by atoms with Crippen LogP contribution in [0.1, 0.15) is 31.4 Å². The van der Waals surface area contributed by atoms with E-state index in [9.17, 15) is 4.79 Å². The SMILES string of the molecule is C=C/C=C(\C=C)C(CCNC)OC(N)=O.CC.Cc1cccc(C)c1. The largest absolute Gasteiger partial charge is 0.441 e. The standard InChI is InChI=1S/C11H18N2O2.C8H10.C2H6/c1-4-6-9(5-2)10(7-8-13-3)15-11(12)14;1-7-4-3-5-8(2)6-7;1-2/h4-6,10,13H,1-2,7-8H2,3H3,(H2,12,14);3-6H,1-2H3;1-2H3/b9-6+;;. The molecule has 1 amide bonds. The molecule has 140 valence electrons. The van der Waals surface area contributed by atoms with Gasteiger partial charge in [0.25, 0.3) is 0 Å². The van der Waals surface area contributed by atoms with Crippen molar-refractivity contribution in [2.45, 2.75) is 40.2 Å². The Morgan fingerprint density at radius 1 is 1.28 bits per heavy atom. The van der Waals surface area contributed by atoms with Crippen molar-refractivity contribution in [2.24, 2.45) is 5.73 Å². The molecule has 25 heavy (non-hydrogen) atoms. The van der Waals surface area contributed by atoms with E-state index in [1.807, 2.05) is 20.9 Å². The lowest BCUT2D eigenvalue weighted by molar-refractivity contribution is 0.121. The number of carbonyl (C=O) groups is 1. The fourth-order valence-electron chi connectivity index (χ4n) is 1.96. The molecule has 0 bridgehead atoms. The van der Waals surface area contributed by atoms with Gasteiger partial charge >= 0.3 is 6.09 Å². The Labute approximate surface area is 153 Å². The molecule has 0 fully saturated rings. The molecule has 0 aromatic heterocycles. The maximum absolute atomic E-state index is 10.7. The van der Waals surface area contributed by atoms with Crippen molar-refractivity contribution in [3.05, 3.63) is 72.4 Å². The molecule has 0 aliphatic carbocycles. The molecule has 1 atom stereocenters. The van der Waals surface area contributed by atoms with E-state index in [2.05, 4.69) is 56.6 Å². The van der Waals surface area contributed by atoms with Crippen LogP contribution in [0.25, 0.3) is 0 Å². The summed E-state index contributed by atoms with van der Waals surface area (Å²) in [6.07, 6.45) is 4.48. The highest BCUT2D eigenvalue weighted by Crippen LogP contribution is 2.12. The Bertz CT molecular complexity index is 519. The minimum Gasteiger partial charge on any atom is -0.441 e. The van der Waals surface area contributed by atoms with Crippen molar-refractivity contribution in [1.82, 2.24) is 5.32 Å². The van der Waals surface area contributed by atoms with E-state index in [0.717, 1.165) is 12.1 Å². The zero-order valence-electron chi connectivity index (χ0n) is 16.3. The number of rotatable bonds is 7. The van der Waals surface area contributed by atoms with E-state index in [4.69, 9.17) is 10.5 Å². The number of nitrogens with one attached hydrogen (secondary N) is 1. The molecule has 4 nitrogen and oxygen atoms in total. The van der Waals surface area contributed by atoms with Crippen LogP contribution in [0, 0.1) is 13.8 Å². The maximum Gasteiger partial charge on any atom is 0.405 e. The Morgan fingerprint density at radius 3 is 2.16 bits per heavy atom. The second kappa shape index (κ2) is 16.5. The van der Waals surface area contributed by atoms with Crippen molar-refractivity contribution >= 4 is 6.09 Å². The molecule has 0 saturated carbocycles. The van der Waals surface area contributed by atoms with Crippen LogP contribution in [0.2, 0.25) is 0 Å². The molecule has 0 spiro atoms. The third kappa shape index (κ3) is 13.8. The van der Waals surface area contributed by atoms with E-state index in [0.29, 0.717) is 6.42 Å². The number of hydrogen-bond acceptors (Lipinski definition) is 3. The summed E-state index contributed by atoms with van der Waals surface area (Å²) in [4.78, 5) is 10.7. The maximum atomic E-state index is 10.7. The predicted octanol–water partition coefficient (Wildman–Crippen LogP) is 4.69. The molecule has 1 rings (SSSR count). The minimum absolute atomic E-state index is 0.370. The molecular formula is C21H34N2O2. The number of allylic oxidation sites excluding steroid dienone is 2. The quantitative estimate of drug-likeness (QED) is 0.704. The van der Waals surface area contributed by atoms with Crippen LogP contribution in [0.3, 0.4) is 0 Å². The van der Waals surface area contributed by atoms with Gasteiger partial charge in [-0.3, -0.25) is 0 Å². The van der Waals surface area contributed by atoms with Gasteiger partial charge in [0.1, 0.15) is 6.10 Å². The van der Waals surface area contributed by atoms with Crippen LogP contribution in [0.5, 0.6) is 0 Å². The second-order valence-corrected chi connectivity index (χ2v) is 5.08. The monoisotopic (exact) mass is 346 g/mol.